The average Bonchev–Trinajstić information content (AvgIpc) is 2.89. The van der Waals surface area contributed by atoms with Gasteiger partial charge in [-0.3, -0.25) is 14.4 Å². The molecule has 0 bridgehead atoms. The maximum atomic E-state index is 12.7. The quantitative estimate of drug-likeness (QED) is 0.484. The number of piperazine rings is 1. The molecule has 0 unspecified atom stereocenters. The SMILES string of the molecule is COc1ccccc1NS(=O)(=O)c1ccc(/C=C/C(=O)N2CCN(Cc3ccccc3)CC2)cc1. The molecule has 7 nitrogen and oxygen atoms in total. The van der Waals surface area contributed by atoms with Crippen molar-refractivity contribution in [3.63, 3.8) is 0 Å². The number of nitrogens with one attached hydrogen (secondary N) is 1. The molecule has 0 aliphatic carbocycles. The van der Waals surface area contributed by atoms with Crippen molar-refractivity contribution in [3.05, 3.63) is 96.1 Å². The molecule has 1 aliphatic heterocycles. The largest absolute Gasteiger partial charge is 0.495 e. The molecule has 1 N–H and O–H groups in total. The molecule has 0 atom stereocenters. The van der Waals surface area contributed by atoms with Gasteiger partial charge in [-0.25, -0.2) is 8.42 Å². The number of hydrogen-bond donors (Lipinski definition) is 1. The van der Waals surface area contributed by atoms with Gasteiger partial charge in [-0.1, -0.05) is 54.6 Å². The Labute approximate surface area is 206 Å². The van der Waals surface area contributed by atoms with Crippen LogP contribution in [-0.2, 0) is 21.4 Å². The molecule has 4 rings (SSSR count). The monoisotopic (exact) mass is 491 g/mol. The van der Waals surface area contributed by atoms with Crippen molar-refractivity contribution < 1.29 is 17.9 Å². The number of sulfonamides is 1. The molecule has 0 aromatic heterocycles. The minimum atomic E-state index is -3.77. The molecular formula is C27H29N3O4S. The minimum absolute atomic E-state index is 0.0427. The van der Waals surface area contributed by atoms with Crippen molar-refractivity contribution in [2.24, 2.45) is 0 Å². The second-order valence-electron chi connectivity index (χ2n) is 8.30. The normalized spacial score (nSPS) is 14.7. The molecule has 8 heteroatoms. The van der Waals surface area contributed by atoms with Gasteiger partial charge in [0, 0.05) is 38.8 Å². The van der Waals surface area contributed by atoms with Gasteiger partial charge >= 0.3 is 0 Å². The Morgan fingerprint density at radius 2 is 1.57 bits per heavy atom. The predicted octanol–water partition coefficient (Wildman–Crippen LogP) is 3.85. The molecule has 0 saturated carbocycles. The highest BCUT2D eigenvalue weighted by atomic mass is 32.2. The van der Waals surface area contributed by atoms with Crippen LogP contribution >= 0.6 is 0 Å². The van der Waals surface area contributed by atoms with E-state index in [2.05, 4.69) is 21.8 Å². The van der Waals surface area contributed by atoms with Gasteiger partial charge in [-0.05, 0) is 41.5 Å². The molecule has 0 radical (unpaired) electrons. The summed E-state index contributed by atoms with van der Waals surface area (Å²) in [6, 6.07) is 23.5. The molecule has 1 aliphatic rings. The van der Waals surface area contributed by atoms with E-state index in [9.17, 15) is 13.2 Å². The van der Waals surface area contributed by atoms with E-state index in [4.69, 9.17) is 4.74 Å². The maximum Gasteiger partial charge on any atom is 0.262 e. The summed E-state index contributed by atoms with van der Waals surface area (Å²) in [6.07, 6.45) is 3.26. The highest BCUT2D eigenvalue weighted by Crippen LogP contribution is 2.26. The summed E-state index contributed by atoms with van der Waals surface area (Å²) in [6.45, 7) is 3.92. The third-order valence-corrected chi connectivity index (χ3v) is 7.27. The smallest absolute Gasteiger partial charge is 0.262 e. The fourth-order valence-corrected chi connectivity index (χ4v) is 5.00. The fraction of sp³-hybridized carbons (Fsp3) is 0.222. The predicted molar refractivity (Wildman–Crippen MR) is 138 cm³/mol. The highest BCUT2D eigenvalue weighted by Gasteiger charge is 2.20. The first kappa shape index (κ1) is 24.5. The topological polar surface area (TPSA) is 78.9 Å². The number of rotatable bonds is 8. The van der Waals surface area contributed by atoms with Gasteiger partial charge in [-0.15, -0.1) is 0 Å². The summed E-state index contributed by atoms with van der Waals surface area (Å²) in [5.41, 5.74) is 2.39. The van der Waals surface area contributed by atoms with Crippen molar-refractivity contribution >= 4 is 27.7 Å². The number of benzene rings is 3. The lowest BCUT2D eigenvalue weighted by molar-refractivity contribution is -0.127. The number of anilines is 1. The zero-order valence-corrected chi connectivity index (χ0v) is 20.4. The number of nitrogens with zero attached hydrogens (tertiary/aromatic N) is 2. The van der Waals surface area contributed by atoms with E-state index in [0.29, 0.717) is 24.5 Å². The number of para-hydroxylation sites is 2. The first-order valence-electron chi connectivity index (χ1n) is 11.4. The van der Waals surface area contributed by atoms with Crippen molar-refractivity contribution in [1.82, 2.24) is 9.80 Å². The molecular weight excluding hydrogens is 462 g/mol. The lowest BCUT2D eigenvalue weighted by Gasteiger charge is -2.34. The van der Waals surface area contributed by atoms with Crippen molar-refractivity contribution in [1.29, 1.82) is 0 Å². The van der Waals surface area contributed by atoms with Crippen LogP contribution in [0.3, 0.4) is 0 Å². The summed E-state index contributed by atoms with van der Waals surface area (Å²) in [7, 11) is -2.29. The van der Waals surface area contributed by atoms with E-state index in [1.165, 1.54) is 24.8 Å². The molecule has 0 spiro atoms. The summed E-state index contributed by atoms with van der Waals surface area (Å²) < 4.78 is 33.3. The lowest BCUT2D eigenvalue weighted by atomic mass is 10.2. The number of hydrogen-bond acceptors (Lipinski definition) is 5. The number of methoxy groups -OCH3 is 1. The van der Waals surface area contributed by atoms with Gasteiger partial charge in [0.25, 0.3) is 10.0 Å². The second-order valence-corrected chi connectivity index (χ2v) is 9.98. The average molecular weight is 492 g/mol. The fourth-order valence-electron chi connectivity index (χ4n) is 3.93. The van der Waals surface area contributed by atoms with Crippen LogP contribution in [0.4, 0.5) is 5.69 Å². The van der Waals surface area contributed by atoms with Crippen LogP contribution in [0.2, 0.25) is 0 Å². The van der Waals surface area contributed by atoms with Crippen LogP contribution in [0.5, 0.6) is 5.75 Å². The number of carbonyl (C=O) groups excluding carboxylic acids is 1. The van der Waals surface area contributed by atoms with Crippen molar-refractivity contribution in [2.45, 2.75) is 11.4 Å². The summed E-state index contributed by atoms with van der Waals surface area (Å²) in [4.78, 5) is 16.9. The molecule has 1 amide bonds. The van der Waals surface area contributed by atoms with E-state index in [-0.39, 0.29) is 10.8 Å². The Morgan fingerprint density at radius 3 is 2.26 bits per heavy atom. The zero-order chi connectivity index (χ0) is 24.7. The first-order valence-corrected chi connectivity index (χ1v) is 12.9. The summed E-state index contributed by atoms with van der Waals surface area (Å²) in [5.74, 6) is 0.397. The van der Waals surface area contributed by atoms with Crippen LogP contribution in [-0.4, -0.2) is 57.4 Å². The van der Waals surface area contributed by atoms with Gasteiger partial charge in [0.15, 0.2) is 0 Å². The molecule has 1 saturated heterocycles. The Hall–Kier alpha value is -3.62. The summed E-state index contributed by atoms with van der Waals surface area (Å²) >= 11 is 0. The summed E-state index contributed by atoms with van der Waals surface area (Å²) in [5, 5.41) is 0. The maximum absolute atomic E-state index is 12.7. The van der Waals surface area contributed by atoms with Crippen LogP contribution in [0.25, 0.3) is 6.08 Å². The number of ether oxygens (including phenoxy) is 1. The van der Waals surface area contributed by atoms with Gasteiger partial charge in [0.2, 0.25) is 5.91 Å². The third kappa shape index (κ3) is 6.49. The zero-order valence-electron chi connectivity index (χ0n) is 19.6. The lowest BCUT2D eigenvalue weighted by Crippen LogP contribution is -2.47. The van der Waals surface area contributed by atoms with Gasteiger partial charge in [-0.2, -0.15) is 0 Å². The van der Waals surface area contributed by atoms with Crippen LogP contribution in [0, 0.1) is 0 Å². The molecule has 182 valence electrons. The third-order valence-electron chi connectivity index (χ3n) is 5.89. The van der Waals surface area contributed by atoms with Gasteiger partial charge < -0.3 is 9.64 Å². The van der Waals surface area contributed by atoms with E-state index in [0.717, 1.165) is 25.2 Å². The Morgan fingerprint density at radius 1 is 0.914 bits per heavy atom. The van der Waals surface area contributed by atoms with Crippen molar-refractivity contribution in [3.8, 4) is 5.75 Å². The Balaban J connectivity index is 1.31. The van der Waals surface area contributed by atoms with Gasteiger partial charge in [0.1, 0.15) is 5.75 Å². The minimum Gasteiger partial charge on any atom is -0.495 e. The van der Waals surface area contributed by atoms with E-state index < -0.39 is 10.0 Å². The first-order chi connectivity index (χ1) is 16.9. The van der Waals surface area contributed by atoms with Gasteiger partial charge in [0.05, 0.1) is 17.7 Å². The highest BCUT2D eigenvalue weighted by molar-refractivity contribution is 7.92. The molecule has 35 heavy (non-hydrogen) atoms. The van der Waals surface area contributed by atoms with Crippen molar-refractivity contribution in [2.75, 3.05) is 38.0 Å². The molecule has 3 aromatic rings. The van der Waals surface area contributed by atoms with Crippen LogP contribution < -0.4 is 9.46 Å². The molecule has 1 heterocycles. The van der Waals surface area contributed by atoms with Crippen LogP contribution in [0.1, 0.15) is 11.1 Å². The van der Waals surface area contributed by atoms with E-state index in [1.807, 2.05) is 23.1 Å². The second kappa shape index (κ2) is 11.2. The number of carbonyl (C=O) groups is 1. The molecule has 1 fully saturated rings. The number of amides is 1. The molecule has 3 aromatic carbocycles. The Kier molecular flexibility index (Phi) is 7.84. The standard InChI is InChI=1S/C27H29N3O4S/c1-34-26-10-6-5-9-25(26)28-35(32,33)24-14-11-22(12-15-24)13-16-27(31)30-19-17-29(18-20-30)21-23-7-3-2-4-8-23/h2-16,28H,17-21H2,1H3/b16-13+. The van der Waals surface area contributed by atoms with Crippen LogP contribution in [0.15, 0.2) is 89.8 Å². The van der Waals surface area contributed by atoms with E-state index in [1.54, 1.807) is 48.6 Å². The van der Waals surface area contributed by atoms with E-state index >= 15 is 0 Å². The Bertz CT molecular complexity index is 1270.